The highest BCUT2D eigenvalue weighted by Gasteiger charge is 2.06. The summed E-state index contributed by atoms with van der Waals surface area (Å²) in [5.41, 5.74) is 3.09. The molecule has 22 heavy (non-hydrogen) atoms. The lowest BCUT2D eigenvalue weighted by Gasteiger charge is -2.11. The maximum Gasteiger partial charge on any atom is 0.407 e. The largest absolute Gasteiger partial charge is 0.444 e. The van der Waals surface area contributed by atoms with Crippen LogP contribution in [0.1, 0.15) is 30.2 Å². The zero-order chi connectivity index (χ0) is 15.6. The summed E-state index contributed by atoms with van der Waals surface area (Å²) >= 11 is 1.48. The molecule has 1 amide bonds. The molecule has 0 fully saturated rings. The number of nitrogens with one attached hydrogen (secondary N) is 1. The number of thiazole rings is 1. The molecule has 1 aromatic carbocycles. The molecular weight excluding hydrogens is 296 g/mol. The van der Waals surface area contributed by atoms with Crippen LogP contribution in [0.15, 0.2) is 42.0 Å². The third-order valence-corrected chi connectivity index (χ3v) is 4.15. The van der Waals surface area contributed by atoms with Gasteiger partial charge in [-0.3, -0.25) is 4.98 Å². The molecule has 0 bridgehead atoms. The lowest BCUT2D eigenvalue weighted by Crippen LogP contribution is -2.25. The zero-order valence-electron chi connectivity index (χ0n) is 12.8. The Kier molecular flexibility index (Phi) is 6.90. The molecule has 118 valence electrons. The van der Waals surface area contributed by atoms with E-state index in [9.17, 15) is 4.79 Å². The second-order valence-corrected chi connectivity index (χ2v) is 6.38. The third kappa shape index (κ3) is 6.26. The minimum Gasteiger partial charge on any atom is -0.444 e. The van der Waals surface area contributed by atoms with Crippen LogP contribution in [-0.4, -0.2) is 17.6 Å². The number of ether oxygens (including phenoxy) is 1. The molecule has 1 aromatic heterocycles. The van der Waals surface area contributed by atoms with Gasteiger partial charge >= 0.3 is 6.09 Å². The molecule has 0 radical (unpaired) electrons. The van der Waals surface area contributed by atoms with E-state index in [0.717, 1.165) is 24.1 Å². The Morgan fingerprint density at radius 2 is 2.18 bits per heavy atom. The van der Waals surface area contributed by atoms with Crippen molar-refractivity contribution in [2.24, 2.45) is 5.92 Å². The smallest absolute Gasteiger partial charge is 0.407 e. The highest BCUT2D eigenvalue weighted by atomic mass is 32.1. The van der Waals surface area contributed by atoms with Crippen LogP contribution in [0.3, 0.4) is 0 Å². The normalized spacial score (nSPS) is 11.9. The molecular formula is C17H22N2O2S. The molecule has 5 heteroatoms. The fourth-order valence-electron chi connectivity index (χ4n) is 2.26. The summed E-state index contributed by atoms with van der Waals surface area (Å²) < 4.78 is 5.11. The molecule has 0 aliphatic rings. The number of carbonyl (C=O) groups excluding carboxylic acids is 1. The molecule has 2 aromatic rings. The zero-order valence-corrected chi connectivity index (χ0v) is 13.6. The molecule has 0 spiro atoms. The summed E-state index contributed by atoms with van der Waals surface area (Å²) in [6, 6.07) is 10.5. The van der Waals surface area contributed by atoms with Crippen molar-refractivity contribution in [3.05, 3.63) is 52.5 Å². The average Bonchev–Trinajstić information content (AvgIpc) is 3.04. The monoisotopic (exact) mass is 318 g/mol. The van der Waals surface area contributed by atoms with Gasteiger partial charge in [0, 0.05) is 12.7 Å². The van der Waals surface area contributed by atoms with E-state index in [2.05, 4.69) is 41.5 Å². The van der Waals surface area contributed by atoms with Crippen LogP contribution in [0.4, 0.5) is 4.79 Å². The average molecular weight is 318 g/mol. The van der Waals surface area contributed by atoms with Crippen molar-refractivity contribution < 1.29 is 9.53 Å². The van der Waals surface area contributed by atoms with E-state index in [1.165, 1.54) is 16.9 Å². The Morgan fingerprint density at radius 1 is 1.36 bits per heavy atom. The number of carbonyl (C=O) groups is 1. The molecule has 0 saturated carbocycles. The number of hydrogen-bond donors (Lipinski definition) is 1. The summed E-state index contributed by atoms with van der Waals surface area (Å²) in [6.45, 7) is 3.19. The lowest BCUT2D eigenvalue weighted by molar-refractivity contribution is 0.140. The number of benzene rings is 1. The Bertz CT molecular complexity index is 543. The third-order valence-electron chi connectivity index (χ3n) is 3.40. The molecule has 0 aliphatic heterocycles. The highest BCUT2D eigenvalue weighted by Crippen LogP contribution is 2.13. The van der Waals surface area contributed by atoms with E-state index in [1.54, 1.807) is 11.7 Å². The topological polar surface area (TPSA) is 51.2 Å². The first-order chi connectivity index (χ1) is 10.7. The van der Waals surface area contributed by atoms with Crippen LogP contribution < -0.4 is 5.32 Å². The molecule has 1 heterocycles. The van der Waals surface area contributed by atoms with Gasteiger partial charge in [-0.05, 0) is 30.7 Å². The lowest BCUT2D eigenvalue weighted by atomic mass is 9.97. The Hall–Kier alpha value is -1.88. The quantitative estimate of drug-likeness (QED) is 0.748. The van der Waals surface area contributed by atoms with Crippen molar-refractivity contribution in [3.63, 3.8) is 0 Å². The van der Waals surface area contributed by atoms with Gasteiger partial charge in [-0.1, -0.05) is 37.3 Å². The van der Waals surface area contributed by atoms with Gasteiger partial charge in [0.1, 0.15) is 6.61 Å². The Morgan fingerprint density at radius 3 is 2.91 bits per heavy atom. The van der Waals surface area contributed by atoms with E-state index in [0.29, 0.717) is 19.1 Å². The van der Waals surface area contributed by atoms with Crippen molar-refractivity contribution in [1.82, 2.24) is 10.3 Å². The number of nitrogens with zero attached hydrogens (tertiary/aromatic N) is 1. The first-order valence-electron chi connectivity index (χ1n) is 7.56. The van der Waals surface area contributed by atoms with Gasteiger partial charge in [-0.15, -0.1) is 11.3 Å². The maximum atomic E-state index is 11.5. The molecule has 0 saturated heterocycles. The van der Waals surface area contributed by atoms with Crippen LogP contribution in [0.25, 0.3) is 0 Å². The van der Waals surface area contributed by atoms with Gasteiger partial charge in [-0.25, -0.2) is 4.79 Å². The molecule has 0 aliphatic carbocycles. The summed E-state index contributed by atoms with van der Waals surface area (Å²) in [5.74, 6) is 0.609. The maximum absolute atomic E-state index is 11.5. The van der Waals surface area contributed by atoms with E-state index in [-0.39, 0.29) is 6.09 Å². The second-order valence-electron chi connectivity index (χ2n) is 5.41. The van der Waals surface area contributed by atoms with Crippen LogP contribution in [-0.2, 0) is 17.8 Å². The predicted octanol–water partition coefficient (Wildman–Crippen LogP) is 4.03. The fourth-order valence-corrected chi connectivity index (χ4v) is 2.77. The summed E-state index contributed by atoms with van der Waals surface area (Å²) in [6.07, 6.45) is 4.48. The highest BCUT2D eigenvalue weighted by molar-refractivity contribution is 7.09. The second kappa shape index (κ2) is 9.20. The van der Waals surface area contributed by atoms with Gasteiger partial charge in [0.2, 0.25) is 0 Å². The molecule has 0 unspecified atom stereocenters. The summed E-state index contributed by atoms with van der Waals surface area (Å²) in [4.78, 5) is 16.4. The number of alkyl carbamates (subject to hydrolysis) is 1. The predicted molar refractivity (Wildman–Crippen MR) is 88.8 cm³/mol. The van der Waals surface area contributed by atoms with Crippen LogP contribution in [0.5, 0.6) is 0 Å². The van der Waals surface area contributed by atoms with Crippen LogP contribution >= 0.6 is 11.3 Å². The van der Waals surface area contributed by atoms with Crippen molar-refractivity contribution >= 4 is 17.4 Å². The number of hydrogen-bond acceptors (Lipinski definition) is 4. The van der Waals surface area contributed by atoms with Gasteiger partial charge in [0.05, 0.1) is 10.4 Å². The Balaban J connectivity index is 1.53. The fraction of sp³-hybridized carbons (Fsp3) is 0.412. The van der Waals surface area contributed by atoms with Gasteiger partial charge in [0.25, 0.3) is 0 Å². The van der Waals surface area contributed by atoms with Gasteiger partial charge in [0.15, 0.2) is 0 Å². The van der Waals surface area contributed by atoms with Gasteiger partial charge < -0.3 is 10.1 Å². The van der Waals surface area contributed by atoms with Crippen molar-refractivity contribution in [3.8, 4) is 0 Å². The SMILES string of the molecule is C[C@H](CCCNC(=O)OCc1cncs1)Cc1ccccc1. The van der Waals surface area contributed by atoms with Crippen molar-refractivity contribution in [2.45, 2.75) is 32.8 Å². The van der Waals surface area contributed by atoms with E-state index in [1.807, 2.05) is 6.07 Å². The molecule has 1 atom stereocenters. The molecule has 1 N–H and O–H groups in total. The summed E-state index contributed by atoms with van der Waals surface area (Å²) in [5, 5.41) is 2.79. The number of aromatic nitrogens is 1. The minimum atomic E-state index is -0.357. The van der Waals surface area contributed by atoms with E-state index < -0.39 is 0 Å². The van der Waals surface area contributed by atoms with Crippen molar-refractivity contribution in [2.75, 3.05) is 6.54 Å². The van der Waals surface area contributed by atoms with Crippen molar-refractivity contribution in [1.29, 1.82) is 0 Å². The first kappa shape index (κ1) is 16.5. The van der Waals surface area contributed by atoms with Gasteiger partial charge in [-0.2, -0.15) is 0 Å². The molecule has 2 rings (SSSR count). The standard InChI is InChI=1S/C17H22N2O2S/c1-14(10-15-7-3-2-4-8-15)6-5-9-19-17(20)21-12-16-11-18-13-22-16/h2-4,7-8,11,13-14H,5-6,9-10,12H2,1H3,(H,19,20)/t14-/m1/s1. The van der Waals surface area contributed by atoms with Crippen LogP contribution in [0.2, 0.25) is 0 Å². The summed E-state index contributed by atoms with van der Waals surface area (Å²) in [7, 11) is 0. The first-order valence-corrected chi connectivity index (χ1v) is 8.44. The van der Waals surface area contributed by atoms with Crippen LogP contribution in [0, 0.1) is 5.92 Å². The Labute approximate surface area is 135 Å². The number of rotatable bonds is 8. The molecule has 4 nitrogen and oxygen atoms in total. The minimum absolute atomic E-state index is 0.293. The van der Waals surface area contributed by atoms with E-state index >= 15 is 0 Å². The van der Waals surface area contributed by atoms with E-state index in [4.69, 9.17) is 4.74 Å². The number of amides is 1.